The molecule has 0 amide bonds. The lowest BCUT2D eigenvalue weighted by molar-refractivity contribution is 0.838. The largest absolute Gasteiger partial charge is 0.367 e. The fourth-order valence-electron chi connectivity index (χ4n) is 2.84. The van der Waals surface area contributed by atoms with Gasteiger partial charge in [-0.3, -0.25) is 5.10 Å². The molecule has 0 atom stereocenters. The molecule has 1 aromatic carbocycles. The molecule has 0 saturated carbocycles. The van der Waals surface area contributed by atoms with Crippen molar-refractivity contribution < 1.29 is 0 Å². The van der Waals surface area contributed by atoms with Crippen molar-refractivity contribution in [1.29, 1.82) is 0 Å². The highest BCUT2D eigenvalue weighted by atomic mass is 32.1. The zero-order valence-electron chi connectivity index (χ0n) is 11.0. The summed E-state index contributed by atoms with van der Waals surface area (Å²) in [6.45, 7) is 2.01. The van der Waals surface area contributed by atoms with E-state index in [0.717, 1.165) is 25.2 Å². The number of aromatic amines is 1. The molecule has 3 aromatic rings. The topological polar surface area (TPSA) is 31.9 Å². The van der Waals surface area contributed by atoms with Crippen LogP contribution in [0.25, 0.3) is 10.6 Å². The number of benzene rings is 1. The third kappa shape index (κ3) is 1.93. The molecule has 0 radical (unpaired) electrons. The van der Waals surface area contributed by atoms with Crippen molar-refractivity contribution >= 4 is 17.0 Å². The average Bonchev–Trinajstić information content (AvgIpc) is 3.19. The first-order valence-electron chi connectivity index (χ1n) is 6.81. The van der Waals surface area contributed by atoms with Gasteiger partial charge in [-0.1, -0.05) is 24.3 Å². The molecule has 20 heavy (non-hydrogen) atoms. The van der Waals surface area contributed by atoms with Gasteiger partial charge in [0.25, 0.3) is 0 Å². The molecule has 1 aliphatic heterocycles. The van der Waals surface area contributed by atoms with Gasteiger partial charge >= 0.3 is 0 Å². The second-order valence-corrected chi connectivity index (χ2v) is 6.00. The third-order valence-electron chi connectivity index (χ3n) is 3.83. The standard InChI is InChI=1S/C16H15N3S/c1-2-5-14-12(4-1)7-8-19(14)11-13-10-17-18-16(13)15-6-3-9-20-15/h1-6,9-10H,7-8,11H2,(H,17,18). The Balaban J connectivity index is 1.64. The molecule has 0 bridgehead atoms. The molecule has 0 unspecified atom stereocenters. The van der Waals surface area contributed by atoms with Gasteiger partial charge in [0.15, 0.2) is 0 Å². The van der Waals surface area contributed by atoms with Gasteiger partial charge in [0.05, 0.1) is 16.8 Å². The van der Waals surface area contributed by atoms with Gasteiger partial charge in [-0.15, -0.1) is 11.3 Å². The normalized spacial score (nSPS) is 13.7. The summed E-state index contributed by atoms with van der Waals surface area (Å²) in [5, 5.41) is 9.47. The minimum absolute atomic E-state index is 0.917. The summed E-state index contributed by atoms with van der Waals surface area (Å²) in [5.74, 6) is 0. The van der Waals surface area contributed by atoms with Crippen LogP contribution in [0.3, 0.4) is 0 Å². The van der Waals surface area contributed by atoms with Crippen molar-refractivity contribution in [3.8, 4) is 10.6 Å². The summed E-state index contributed by atoms with van der Waals surface area (Å²) in [6.07, 6.45) is 3.10. The summed E-state index contributed by atoms with van der Waals surface area (Å²) in [5.41, 5.74) is 5.24. The van der Waals surface area contributed by atoms with Crippen LogP contribution in [0.1, 0.15) is 11.1 Å². The molecule has 0 saturated heterocycles. The molecule has 0 aliphatic carbocycles. The molecule has 3 nitrogen and oxygen atoms in total. The van der Waals surface area contributed by atoms with E-state index in [9.17, 15) is 0 Å². The number of hydrogen-bond donors (Lipinski definition) is 1. The third-order valence-corrected chi connectivity index (χ3v) is 4.72. The minimum Gasteiger partial charge on any atom is -0.367 e. The maximum Gasteiger partial charge on any atom is 0.0799 e. The molecule has 0 spiro atoms. The van der Waals surface area contributed by atoms with Gasteiger partial charge in [-0.2, -0.15) is 5.10 Å². The number of hydrogen-bond acceptors (Lipinski definition) is 3. The molecule has 1 N–H and O–H groups in total. The van der Waals surface area contributed by atoms with E-state index < -0.39 is 0 Å². The number of nitrogens with one attached hydrogen (secondary N) is 1. The Morgan fingerprint density at radius 2 is 2.15 bits per heavy atom. The van der Waals surface area contributed by atoms with Crippen LogP contribution in [0.4, 0.5) is 5.69 Å². The number of fused-ring (bicyclic) bond motifs is 1. The zero-order valence-corrected chi connectivity index (χ0v) is 11.9. The lowest BCUT2D eigenvalue weighted by Gasteiger charge is -2.19. The Kier molecular flexibility index (Phi) is 2.81. The Labute approximate surface area is 121 Å². The Bertz CT molecular complexity index is 715. The molecular formula is C16H15N3S. The number of rotatable bonds is 3. The molecule has 2 aromatic heterocycles. The number of aromatic nitrogens is 2. The first kappa shape index (κ1) is 11.7. The van der Waals surface area contributed by atoms with Crippen molar-refractivity contribution in [2.75, 3.05) is 11.4 Å². The van der Waals surface area contributed by atoms with Gasteiger partial charge < -0.3 is 4.90 Å². The predicted molar refractivity (Wildman–Crippen MR) is 83.1 cm³/mol. The molecule has 1 aliphatic rings. The quantitative estimate of drug-likeness (QED) is 0.794. The van der Waals surface area contributed by atoms with Crippen LogP contribution in [-0.2, 0) is 13.0 Å². The lowest BCUT2D eigenvalue weighted by Crippen LogP contribution is -2.19. The van der Waals surface area contributed by atoms with E-state index in [1.807, 2.05) is 6.20 Å². The van der Waals surface area contributed by atoms with Crippen LogP contribution in [-0.4, -0.2) is 16.7 Å². The molecule has 4 heteroatoms. The van der Waals surface area contributed by atoms with E-state index in [4.69, 9.17) is 0 Å². The van der Waals surface area contributed by atoms with Gasteiger partial charge in [0, 0.05) is 24.3 Å². The highest BCUT2D eigenvalue weighted by molar-refractivity contribution is 7.13. The lowest BCUT2D eigenvalue weighted by atomic mass is 10.1. The van der Waals surface area contributed by atoms with Crippen LogP contribution in [0.2, 0.25) is 0 Å². The van der Waals surface area contributed by atoms with Crippen LogP contribution in [0, 0.1) is 0 Å². The van der Waals surface area contributed by atoms with Crippen LogP contribution in [0.15, 0.2) is 48.0 Å². The number of thiophene rings is 1. The fourth-order valence-corrected chi connectivity index (χ4v) is 3.60. The number of nitrogens with zero attached hydrogens (tertiary/aromatic N) is 2. The first-order chi connectivity index (χ1) is 9.92. The highest BCUT2D eigenvalue weighted by Gasteiger charge is 2.20. The van der Waals surface area contributed by atoms with Crippen LogP contribution in [0.5, 0.6) is 0 Å². The smallest absolute Gasteiger partial charge is 0.0799 e. The second kappa shape index (κ2) is 4.80. The fraction of sp³-hybridized carbons (Fsp3) is 0.188. The molecule has 3 heterocycles. The van der Waals surface area contributed by atoms with E-state index in [1.165, 1.54) is 21.7 Å². The van der Waals surface area contributed by atoms with E-state index >= 15 is 0 Å². The van der Waals surface area contributed by atoms with Gasteiger partial charge in [0.1, 0.15) is 0 Å². The Morgan fingerprint density at radius 1 is 1.20 bits per heavy atom. The summed E-state index contributed by atoms with van der Waals surface area (Å²) < 4.78 is 0. The van der Waals surface area contributed by atoms with Crippen LogP contribution >= 0.6 is 11.3 Å². The highest BCUT2D eigenvalue weighted by Crippen LogP contribution is 2.32. The number of para-hydroxylation sites is 1. The van der Waals surface area contributed by atoms with E-state index in [0.29, 0.717) is 0 Å². The number of H-pyrrole nitrogens is 1. The van der Waals surface area contributed by atoms with Gasteiger partial charge in [0.2, 0.25) is 0 Å². The van der Waals surface area contributed by atoms with E-state index in [1.54, 1.807) is 11.3 Å². The predicted octanol–water partition coefficient (Wildman–Crippen LogP) is 3.70. The Hall–Kier alpha value is -2.07. The minimum atomic E-state index is 0.917. The van der Waals surface area contributed by atoms with E-state index in [2.05, 4.69) is 56.9 Å². The maximum atomic E-state index is 4.23. The average molecular weight is 281 g/mol. The summed E-state index contributed by atoms with van der Waals surface area (Å²) in [7, 11) is 0. The van der Waals surface area contributed by atoms with Crippen LogP contribution < -0.4 is 4.90 Å². The summed E-state index contributed by atoms with van der Waals surface area (Å²) >= 11 is 1.75. The van der Waals surface area contributed by atoms with Gasteiger partial charge in [-0.05, 0) is 29.5 Å². The monoisotopic (exact) mass is 281 g/mol. The zero-order chi connectivity index (χ0) is 13.4. The molecule has 100 valence electrons. The SMILES string of the molecule is c1csc(-c2[nH]ncc2CN2CCc3ccccc32)c1. The summed E-state index contributed by atoms with van der Waals surface area (Å²) in [4.78, 5) is 3.70. The van der Waals surface area contributed by atoms with E-state index in [-0.39, 0.29) is 0 Å². The van der Waals surface area contributed by atoms with Crippen molar-refractivity contribution in [2.45, 2.75) is 13.0 Å². The molecule has 0 fully saturated rings. The maximum absolute atomic E-state index is 4.23. The second-order valence-electron chi connectivity index (χ2n) is 5.05. The van der Waals surface area contributed by atoms with Crippen molar-refractivity contribution in [3.05, 3.63) is 59.1 Å². The first-order valence-corrected chi connectivity index (χ1v) is 7.69. The van der Waals surface area contributed by atoms with Gasteiger partial charge in [-0.25, -0.2) is 0 Å². The number of anilines is 1. The summed E-state index contributed by atoms with van der Waals surface area (Å²) in [6, 6.07) is 12.9. The van der Waals surface area contributed by atoms with Crippen molar-refractivity contribution in [1.82, 2.24) is 10.2 Å². The molecular weight excluding hydrogens is 266 g/mol. The molecule has 4 rings (SSSR count). The van der Waals surface area contributed by atoms with Crippen molar-refractivity contribution in [2.24, 2.45) is 0 Å². The Morgan fingerprint density at radius 3 is 3.05 bits per heavy atom. The van der Waals surface area contributed by atoms with Crippen molar-refractivity contribution in [3.63, 3.8) is 0 Å².